The molecular formula is C13H16BrN5S. The summed E-state index contributed by atoms with van der Waals surface area (Å²) in [5, 5.41) is 4.68. The van der Waals surface area contributed by atoms with Crippen LogP contribution in [0.25, 0.3) is 0 Å². The number of aryl methyl sites for hydroxylation is 2. The van der Waals surface area contributed by atoms with E-state index in [0.717, 1.165) is 33.9 Å². The number of nitrogens with zero attached hydrogens (tertiary/aromatic N) is 4. The molecule has 0 bridgehead atoms. The average Bonchev–Trinajstić information content (AvgIpc) is 2.38. The lowest BCUT2D eigenvalue weighted by Gasteiger charge is -2.07. The van der Waals surface area contributed by atoms with Crippen LogP contribution in [0.3, 0.4) is 0 Å². The van der Waals surface area contributed by atoms with E-state index in [-0.39, 0.29) is 0 Å². The molecule has 5 nitrogen and oxygen atoms in total. The smallest absolute Gasteiger partial charge is 0.223 e. The molecule has 2 aromatic heterocycles. The summed E-state index contributed by atoms with van der Waals surface area (Å²) in [6.07, 6.45) is 2.78. The van der Waals surface area contributed by atoms with E-state index in [0.29, 0.717) is 11.1 Å². The van der Waals surface area contributed by atoms with E-state index in [9.17, 15) is 0 Å². The number of rotatable bonds is 5. The molecule has 0 saturated heterocycles. The fraction of sp³-hybridized carbons (Fsp3) is 0.385. The van der Waals surface area contributed by atoms with Crippen LogP contribution in [-0.2, 0) is 0 Å². The van der Waals surface area contributed by atoms with Gasteiger partial charge in [-0.15, -0.1) is 0 Å². The highest BCUT2D eigenvalue weighted by Crippen LogP contribution is 2.30. The second-order valence-corrected chi connectivity index (χ2v) is 6.12. The lowest BCUT2D eigenvalue weighted by Crippen LogP contribution is -2.04. The van der Waals surface area contributed by atoms with Crippen molar-refractivity contribution in [1.82, 2.24) is 19.9 Å². The Bertz CT molecular complexity index is 585. The molecule has 7 heteroatoms. The highest BCUT2D eigenvalue weighted by atomic mass is 79.9. The summed E-state index contributed by atoms with van der Waals surface area (Å²) in [5.41, 5.74) is 1.91. The molecule has 0 aromatic carbocycles. The van der Waals surface area contributed by atoms with Crippen molar-refractivity contribution in [2.75, 3.05) is 11.9 Å². The van der Waals surface area contributed by atoms with E-state index in [2.05, 4.69) is 48.1 Å². The summed E-state index contributed by atoms with van der Waals surface area (Å²) < 4.78 is 0.840. The first-order valence-electron chi connectivity index (χ1n) is 6.35. The minimum Gasteiger partial charge on any atom is -0.354 e. The maximum atomic E-state index is 4.48. The molecule has 0 atom stereocenters. The molecule has 2 rings (SSSR count). The van der Waals surface area contributed by atoms with Crippen molar-refractivity contribution in [3.05, 3.63) is 28.1 Å². The minimum atomic E-state index is 0.627. The third kappa shape index (κ3) is 4.14. The first kappa shape index (κ1) is 15.2. The molecule has 0 aliphatic heterocycles. The van der Waals surface area contributed by atoms with Gasteiger partial charge in [0.05, 0.1) is 4.47 Å². The topological polar surface area (TPSA) is 63.6 Å². The van der Waals surface area contributed by atoms with Gasteiger partial charge in [-0.1, -0.05) is 6.92 Å². The molecule has 1 N–H and O–H groups in total. The maximum absolute atomic E-state index is 4.48. The third-order valence-corrected chi connectivity index (χ3v) is 4.11. The summed E-state index contributed by atoms with van der Waals surface area (Å²) in [4.78, 5) is 17.5. The SMILES string of the molecule is CCCNc1ncc(Br)c(Sc2nc(C)cc(C)n2)n1. The van der Waals surface area contributed by atoms with Gasteiger partial charge in [0.25, 0.3) is 0 Å². The Morgan fingerprint density at radius 2 is 1.90 bits per heavy atom. The molecule has 0 aliphatic carbocycles. The standard InChI is InChI=1S/C13H16BrN5S/c1-4-5-15-12-16-7-10(14)11(19-12)20-13-17-8(2)6-9(3)18-13/h6-7H,4-5H2,1-3H3,(H,15,16,19). The predicted octanol–water partition coefficient (Wildman–Crippen LogP) is 3.62. The fourth-order valence-corrected chi connectivity index (χ4v) is 2.84. The van der Waals surface area contributed by atoms with Crippen LogP contribution < -0.4 is 5.32 Å². The van der Waals surface area contributed by atoms with Gasteiger partial charge < -0.3 is 5.32 Å². The summed E-state index contributed by atoms with van der Waals surface area (Å²) >= 11 is 4.89. The Morgan fingerprint density at radius 3 is 2.55 bits per heavy atom. The number of hydrogen-bond donors (Lipinski definition) is 1. The van der Waals surface area contributed by atoms with Crippen molar-refractivity contribution in [2.45, 2.75) is 37.4 Å². The van der Waals surface area contributed by atoms with E-state index in [1.807, 2.05) is 19.9 Å². The number of anilines is 1. The normalized spacial score (nSPS) is 10.6. The van der Waals surface area contributed by atoms with Crippen LogP contribution >= 0.6 is 27.7 Å². The average molecular weight is 354 g/mol. The van der Waals surface area contributed by atoms with Gasteiger partial charge in [-0.25, -0.2) is 19.9 Å². The van der Waals surface area contributed by atoms with Crippen molar-refractivity contribution in [3.8, 4) is 0 Å². The van der Waals surface area contributed by atoms with Crippen LogP contribution in [0.1, 0.15) is 24.7 Å². The molecule has 106 valence electrons. The van der Waals surface area contributed by atoms with Crippen molar-refractivity contribution < 1.29 is 0 Å². The highest BCUT2D eigenvalue weighted by molar-refractivity contribution is 9.10. The Labute approximate surface area is 131 Å². The van der Waals surface area contributed by atoms with Gasteiger partial charge in [0.15, 0.2) is 5.16 Å². The largest absolute Gasteiger partial charge is 0.354 e. The molecule has 2 aromatic rings. The second-order valence-electron chi connectivity index (χ2n) is 4.31. The van der Waals surface area contributed by atoms with Gasteiger partial charge in [-0.2, -0.15) is 0 Å². The minimum absolute atomic E-state index is 0.627. The molecule has 0 spiro atoms. The van der Waals surface area contributed by atoms with Crippen LogP contribution in [0.2, 0.25) is 0 Å². The Kier molecular flexibility index (Phi) is 5.31. The molecule has 0 radical (unpaired) electrons. The van der Waals surface area contributed by atoms with E-state index in [4.69, 9.17) is 0 Å². The van der Waals surface area contributed by atoms with Crippen molar-refractivity contribution in [3.63, 3.8) is 0 Å². The van der Waals surface area contributed by atoms with Crippen molar-refractivity contribution in [1.29, 1.82) is 0 Å². The second kappa shape index (κ2) is 6.99. The Morgan fingerprint density at radius 1 is 1.20 bits per heavy atom. The zero-order chi connectivity index (χ0) is 14.5. The summed E-state index contributed by atoms with van der Waals surface area (Å²) in [6.45, 7) is 6.88. The van der Waals surface area contributed by atoms with Crippen LogP contribution in [0, 0.1) is 13.8 Å². The van der Waals surface area contributed by atoms with Gasteiger partial charge in [0.2, 0.25) is 5.95 Å². The van der Waals surface area contributed by atoms with Gasteiger partial charge in [-0.3, -0.25) is 0 Å². The fourth-order valence-electron chi connectivity index (χ4n) is 1.57. The zero-order valence-electron chi connectivity index (χ0n) is 11.6. The molecule has 0 unspecified atom stereocenters. The van der Waals surface area contributed by atoms with Gasteiger partial charge >= 0.3 is 0 Å². The highest BCUT2D eigenvalue weighted by Gasteiger charge is 2.09. The Balaban J connectivity index is 2.23. The molecule has 2 heterocycles. The van der Waals surface area contributed by atoms with Crippen LogP contribution in [-0.4, -0.2) is 26.5 Å². The molecule has 0 fully saturated rings. The van der Waals surface area contributed by atoms with Gasteiger partial charge in [0, 0.05) is 24.1 Å². The monoisotopic (exact) mass is 353 g/mol. The lowest BCUT2D eigenvalue weighted by molar-refractivity contribution is 0.892. The maximum Gasteiger partial charge on any atom is 0.223 e. The number of halogens is 1. The number of aromatic nitrogens is 4. The van der Waals surface area contributed by atoms with E-state index < -0.39 is 0 Å². The predicted molar refractivity (Wildman–Crippen MR) is 84.1 cm³/mol. The van der Waals surface area contributed by atoms with Gasteiger partial charge in [0.1, 0.15) is 5.03 Å². The van der Waals surface area contributed by atoms with E-state index in [1.54, 1.807) is 6.20 Å². The van der Waals surface area contributed by atoms with E-state index in [1.165, 1.54) is 11.8 Å². The number of nitrogens with one attached hydrogen (secondary N) is 1. The molecular weight excluding hydrogens is 338 g/mol. The first-order valence-corrected chi connectivity index (χ1v) is 7.96. The van der Waals surface area contributed by atoms with Crippen LogP contribution in [0.4, 0.5) is 5.95 Å². The van der Waals surface area contributed by atoms with Crippen molar-refractivity contribution in [2.24, 2.45) is 0 Å². The molecule has 20 heavy (non-hydrogen) atoms. The van der Waals surface area contributed by atoms with E-state index >= 15 is 0 Å². The quantitative estimate of drug-likeness (QED) is 0.654. The zero-order valence-corrected chi connectivity index (χ0v) is 14.0. The third-order valence-electron chi connectivity index (χ3n) is 2.39. The molecule has 0 aliphatic rings. The van der Waals surface area contributed by atoms with Gasteiger partial charge in [-0.05, 0) is 54.0 Å². The Hall–Kier alpha value is -1.21. The summed E-state index contributed by atoms with van der Waals surface area (Å²) in [5.74, 6) is 0.627. The van der Waals surface area contributed by atoms with Crippen molar-refractivity contribution >= 4 is 33.6 Å². The molecule has 0 saturated carbocycles. The van der Waals surface area contributed by atoms with Crippen LogP contribution in [0.5, 0.6) is 0 Å². The first-order chi connectivity index (χ1) is 9.58. The van der Waals surface area contributed by atoms with Crippen LogP contribution in [0.15, 0.2) is 26.9 Å². The number of hydrogen-bond acceptors (Lipinski definition) is 6. The lowest BCUT2D eigenvalue weighted by atomic mass is 10.4. The summed E-state index contributed by atoms with van der Waals surface area (Å²) in [7, 11) is 0. The molecule has 0 amide bonds. The summed E-state index contributed by atoms with van der Waals surface area (Å²) in [6, 6.07) is 1.95.